The molecule has 4 heterocycles. The normalized spacial score (nSPS) is 15.4. The van der Waals surface area contributed by atoms with E-state index in [-0.39, 0.29) is 11.2 Å². The van der Waals surface area contributed by atoms with Crippen molar-refractivity contribution < 1.29 is 9.47 Å². The average Bonchev–Trinajstić information content (AvgIpc) is 4.08. The molecule has 310 valence electrons. The molecule has 2 aliphatic rings. The molecule has 0 radical (unpaired) electrons. The van der Waals surface area contributed by atoms with Crippen molar-refractivity contribution in [2.24, 2.45) is 9.98 Å². The summed E-state index contributed by atoms with van der Waals surface area (Å²) in [5.41, 5.74) is 15.2. The van der Waals surface area contributed by atoms with E-state index in [1.807, 2.05) is 0 Å². The van der Waals surface area contributed by atoms with Crippen LogP contribution in [-0.2, 0) is 9.47 Å². The smallest absolute Gasteiger partial charge is 0.216 e. The number of hydrogen-bond acceptors (Lipinski definition) is 4. The molecule has 0 amide bonds. The summed E-state index contributed by atoms with van der Waals surface area (Å²) in [6, 6.07) is 66.1. The second kappa shape index (κ2) is 14.4. The van der Waals surface area contributed by atoms with Crippen molar-refractivity contribution in [3.8, 4) is 44.8 Å². The van der Waals surface area contributed by atoms with Gasteiger partial charge in [-0.15, -0.1) is 0 Å². The number of aromatic nitrogens is 2. The first-order chi connectivity index (χ1) is 31.1. The zero-order valence-electron chi connectivity index (χ0n) is 36.3. The Labute approximate surface area is 372 Å². The second-order valence-corrected chi connectivity index (χ2v) is 18.4. The maximum Gasteiger partial charge on any atom is 0.216 e. The van der Waals surface area contributed by atoms with Crippen molar-refractivity contribution in [3.63, 3.8) is 0 Å². The summed E-state index contributed by atoms with van der Waals surface area (Å²) in [5.74, 6) is 1.42. The molecule has 10 aromatic rings. The predicted octanol–water partition coefficient (Wildman–Crippen LogP) is 14.0. The Morgan fingerprint density at radius 1 is 0.344 bits per heavy atom. The fourth-order valence-corrected chi connectivity index (χ4v) is 9.62. The molecule has 8 aromatic carbocycles. The average molecular weight is 831 g/mol. The van der Waals surface area contributed by atoms with E-state index in [1.165, 1.54) is 21.5 Å². The van der Waals surface area contributed by atoms with Gasteiger partial charge in [-0.3, -0.25) is 0 Å². The minimum atomic E-state index is -0.292. The van der Waals surface area contributed by atoms with E-state index in [2.05, 4.69) is 219 Å². The van der Waals surface area contributed by atoms with Gasteiger partial charge in [0.25, 0.3) is 0 Å². The monoisotopic (exact) mass is 830 g/mol. The standard InChI is InChI=1S/C58H46N4O2/c1-57(2)35-59-55(63-57)43-15-11-13-37(29-43)39-21-25-51-47(31-39)49-33-41(23-27-53(49)61(51)45-17-7-5-8-18-45)42-24-28-54-50(34-42)48-32-40(22-26-52(48)62(54)46-19-9-6-10-20-46)38-14-12-16-44(30-38)56-60-36-58(3,4)64-56/h5-34H,35-36H2,1-4H3. The van der Waals surface area contributed by atoms with Crippen molar-refractivity contribution in [3.05, 3.63) is 193 Å². The first-order valence-corrected chi connectivity index (χ1v) is 22.1. The van der Waals surface area contributed by atoms with Crippen LogP contribution in [0.4, 0.5) is 0 Å². The highest BCUT2D eigenvalue weighted by Crippen LogP contribution is 2.41. The lowest BCUT2D eigenvalue weighted by atomic mass is 9.98. The third kappa shape index (κ3) is 6.48. The molecule has 12 rings (SSSR count). The van der Waals surface area contributed by atoms with Gasteiger partial charge in [-0.2, -0.15) is 0 Å². The van der Waals surface area contributed by atoms with Crippen LogP contribution in [-0.4, -0.2) is 45.2 Å². The van der Waals surface area contributed by atoms with E-state index in [9.17, 15) is 0 Å². The summed E-state index contributed by atoms with van der Waals surface area (Å²) < 4.78 is 17.2. The molecule has 2 aliphatic heterocycles. The van der Waals surface area contributed by atoms with E-state index < -0.39 is 0 Å². The number of rotatable bonds is 7. The summed E-state index contributed by atoms with van der Waals surface area (Å²) in [7, 11) is 0. The molecule has 6 nitrogen and oxygen atoms in total. The van der Waals surface area contributed by atoms with Crippen LogP contribution >= 0.6 is 0 Å². The number of benzene rings is 8. The molecule has 64 heavy (non-hydrogen) atoms. The summed E-state index contributed by atoms with van der Waals surface area (Å²) in [4.78, 5) is 9.46. The SMILES string of the molecule is CC1(C)CN=C(c2cccc(-c3ccc4c(c3)c3cc(-c5ccc6c(c5)c5cc(-c7cccc(C8=NCC(C)(C)O8)c7)ccc5n6-c5ccccc5)ccc3n4-c3ccccc3)c2)O1. The lowest BCUT2D eigenvalue weighted by Gasteiger charge is -2.17. The van der Waals surface area contributed by atoms with Crippen molar-refractivity contribution in [2.75, 3.05) is 13.1 Å². The minimum Gasteiger partial charge on any atom is -0.469 e. The molecular weight excluding hydrogens is 785 g/mol. The van der Waals surface area contributed by atoms with Gasteiger partial charge in [-0.1, -0.05) is 84.9 Å². The molecule has 0 fully saturated rings. The molecule has 0 unspecified atom stereocenters. The largest absolute Gasteiger partial charge is 0.469 e. The van der Waals surface area contributed by atoms with Gasteiger partial charge in [0.1, 0.15) is 11.2 Å². The van der Waals surface area contributed by atoms with Gasteiger partial charge in [-0.05, 0) is 158 Å². The first kappa shape index (κ1) is 38.0. The molecule has 0 N–H and O–H groups in total. The van der Waals surface area contributed by atoms with Crippen LogP contribution in [0, 0.1) is 0 Å². The van der Waals surface area contributed by atoms with E-state index >= 15 is 0 Å². The maximum absolute atomic E-state index is 6.23. The van der Waals surface area contributed by atoms with Gasteiger partial charge in [-0.25, -0.2) is 9.98 Å². The van der Waals surface area contributed by atoms with Crippen molar-refractivity contribution in [1.82, 2.24) is 9.13 Å². The summed E-state index contributed by atoms with van der Waals surface area (Å²) in [5, 5.41) is 4.80. The fraction of sp³-hybridized carbons (Fsp3) is 0.138. The zero-order valence-corrected chi connectivity index (χ0v) is 36.3. The first-order valence-electron chi connectivity index (χ1n) is 22.1. The van der Waals surface area contributed by atoms with Gasteiger partial charge in [0.05, 0.1) is 35.2 Å². The van der Waals surface area contributed by atoms with Crippen LogP contribution < -0.4 is 0 Å². The topological polar surface area (TPSA) is 53.0 Å². The van der Waals surface area contributed by atoms with Gasteiger partial charge in [0.15, 0.2) is 0 Å². The Kier molecular flexibility index (Phi) is 8.57. The van der Waals surface area contributed by atoms with E-state index in [1.54, 1.807) is 0 Å². The number of hydrogen-bond donors (Lipinski definition) is 0. The van der Waals surface area contributed by atoms with E-state index in [0.717, 1.165) is 77.9 Å². The summed E-state index contributed by atoms with van der Waals surface area (Å²) in [6.45, 7) is 9.64. The van der Waals surface area contributed by atoms with Crippen molar-refractivity contribution in [2.45, 2.75) is 38.9 Å². The van der Waals surface area contributed by atoms with Crippen LogP contribution in [0.3, 0.4) is 0 Å². The van der Waals surface area contributed by atoms with Crippen LogP contribution in [0.15, 0.2) is 192 Å². The molecule has 0 saturated carbocycles. The number of aliphatic imine (C=N–C) groups is 2. The number of nitrogens with zero attached hydrogens (tertiary/aromatic N) is 4. The predicted molar refractivity (Wildman–Crippen MR) is 265 cm³/mol. The maximum atomic E-state index is 6.23. The van der Waals surface area contributed by atoms with Gasteiger partial charge in [0.2, 0.25) is 11.8 Å². The lowest BCUT2D eigenvalue weighted by Crippen LogP contribution is -2.24. The number of para-hydroxylation sites is 2. The van der Waals surface area contributed by atoms with Crippen molar-refractivity contribution >= 4 is 55.4 Å². The molecule has 2 aromatic heterocycles. The Balaban J connectivity index is 1.01. The minimum absolute atomic E-state index is 0.292. The quantitative estimate of drug-likeness (QED) is 0.161. The van der Waals surface area contributed by atoms with Crippen LogP contribution in [0.25, 0.3) is 88.4 Å². The number of ether oxygens (including phenoxy) is 2. The highest BCUT2D eigenvalue weighted by molar-refractivity contribution is 6.14. The Morgan fingerprint density at radius 2 is 0.656 bits per heavy atom. The molecule has 0 saturated heterocycles. The highest BCUT2D eigenvalue weighted by Gasteiger charge is 2.29. The van der Waals surface area contributed by atoms with Gasteiger partial charge in [0, 0.05) is 44.0 Å². The number of fused-ring (bicyclic) bond motifs is 6. The van der Waals surface area contributed by atoms with Gasteiger partial charge < -0.3 is 18.6 Å². The molecular formula is C58H46N4O2. The molecule has 0 bridgehead atoms. The van der Waals surface area contributed by atoms with E-state index in [0.29, 0.717) is 24.9 Å². The Morgan fingerprint density at radius 3 is 0.969 bits per heavy atom. The highest BCUT2D eigenvalue weighted by atomic mass is 16.5. The lowest BCUT2D eigenvalue weighted by molar-refractivity contribution is 0.131. The third-order valence-electron chi connectivity index (χ3n) is 12.7. The zero-order chi connectivity index (χ0) is 43.2. The van der Waals surface area contributed by atoms with Gasteiger partial charge >= 0.3 is 0 Å². The fourth-order valence-electron chi connectivity index (χ4n) is 9.62. The van der Waals surface area contributed by atoms with Crippen LogP contribution in [0.5, 0.6) is 0 Å². The molecule has 0 aliphatic carbocycles. The molecule has 0 atom stereocenters. The van der Waals surface area contributed by atoms with Crippen molar-refractivity contribution in [1.29, 1.82) is 0 Å². The molecule has 0 spiro atoms. The van der Waals surface area contributed by atoms with Crippen LogP contribution in [0.1, 0.15) is 38.8 Å². The summed E-state index contributed by atoms with van der Waals surface area (Å²) in [6.07, 6.45) is 0. The van der Waals surface area contributed by atoms with Crippen LogP contribution in [0.2, 0.25) is 0 Å². The third-order valence-corrected chi connectivity index (χ3v) is 12.7. The van der Waals surface area contributed by atoms with E-state index in [4.69, 9.17) is 19.5 Å². The Hall–Kier alpha value is -7.70. The summed E-state index contributed by atoms with van der Waals surface area (Å²) >= 11 is 0. The molecule has 6 heteroatoms. The Bertz CT molecular complexity index is 3320. The second-order valence-electron chi connectivity index (χ2n) is 18.4.